The summed E-state index contributed by atoms with van der Waals surface area (Å²) in [6.07, 6.45) is 1.80. The molecule has 0 unspecified atom stereocenters. The first kappa shape index (κ1) is 13.9. The molecule has 0 aliphatic rings. The summed E-state index contributed by atoms with van der Waals surface area (Å²) < 4.78 is 6.30. The molecule has 2 rings (SSSR count). The summed E-state index contributed by atoms with van der Waals surface area (Å²) in [7, 11) is 1.61. The van der Waals surface area contributed by atoms with Crippen LogP contribution < -0.4 is 4.74 Å². The van der Waals surface area contributed by atoms with Crippen LogP contribution in [-0.4, -0.2) is 23.8 Å². The van der Waals surface area contributed by atoms with Gasteiger partial charge in [-0.25, -0.2) is 4.98 Å². The third kappa shape index (κ3) is 4.00. The van der Waals surface area contributed by atoms with Crippen LogP contribution in [0.4, 0.5) is 0 Å². The number of benzene rings is 1. The Bertz CT molecular complexity index is 585. The van der Waals surface area contributed by atoms with Gasteiger partial charge in [0.25, 0.3) is 0 Å². The lowest BCUT2D eigenvalue weighted by molar-refractivity contribution is 0.350. The quantitative estimate of drug-likeness (QED) is 0.695. The highest BCUT2D eigenvalue weighted by molar-refractivity contribution is 8.00. The van der Waals surface area contributed by atoms with Crippen molar-refractivity contribution in [1.82, 2.24) is 4.98 Å². The molecule has 0 radical (unpaired) electrons. The van der Waals surface area contributed by atoms with Gasteiger partial charge in [-0.2, -0.15) is 0 Å². The van der Waals surface area contributed by atoms with Crippen LogP contribution in [0.1, 0.15) is 11.1 Å². The molecular formula is C14H13NO2S2. The van der Waals surface area contributed by atoms with E-state index in [1.807, 2.05) is 23.6 Å². The van der Waals surface area contributed by atoms with E-state index >= 15 is 0 Å². The number of hydrogen-bond acceptors (Lipinski definition) is 5. The third-order valence-corrected chi connectivity index (χ3v) is 4.38. The first-order valence-corrected chi connectivity index (χ1v) is 7.49. The number of aliphatic hydroxyl groups excluding tert-OH is 1. The van der Waals surface area contributed by atoms with Crippen molar-refractivity contribution in [3.63, 3.8) is 0 Å². The van der Waals surface area contributed by atoms with Crippen molar-refractivity contribution in [2.75, 3.05) is 13.7 Å². The molecule has 0 bridgehead atoms. The number of aliphatic hydroxyl groups is 1. The third-order valence-electron chi connectivity index (χ3n) is 2.34. The minimum Gasteiger partial charge on any atom is -0.495 e. The van der Waals surface area contributed by atoms with E-state index in [1.165, 1.54) is 0 Å². The average molecular weight is 291 g/mol. The summed E-state index contributed by atoms with van der Waals surface area (Å²) in [4.78, 5) is 4.23. The van der Waals surface area contributed by atoms with Gasteiger partial charge in [-0.05, 0) is 17.7 Å². The van der Waals surface area contributed by atoms with Crippen LogP contribution in [0.5, 0.6) is 5.75 Å². The molecule has 1 N–H and O–H groups in total. The molecule has 0 fully saturated rings. The Hall–Kier alpha value is -1.48. The van der Waals surface area contributed by atoms with Crippen molar-refractivity contribution in [2.45, 2.75) is 10.1 Å². The number of thioether (sulfide) groups is 1. The lowest BCUT2D eigenvalue weighted by Gasteiger charge is -2.06. The summed E-state index contributed by atoms with van der Waals surface area (Å²) in [5.41, 5.74) is 1.96. The van der Waals surface area contributed by atoms with Gasteiger partial charge in [-0.3, -0.25) is 0 Å². The van der Waals surface area contributed by atoms with E-state index in [2.05, 4.69) is 16.8 Å². The molecule has 0 atom stereocenters. The molecule has 0 aliphatic carbocycles. The molecule has 0 spiro atoms. The lowest BCUT2D eigenvalue weighted by atomic mass is 10.1. The van der Waals surface area contributed by atoms with Gasteiger partial charge in [-0.15, -0.1) is 11.3 Å². The highest BCUT2D eigenvalue weighted by Crippen LogP contribution is 2.27. The first-order chi connectivity index (χ1) is 9.33. The second kappa shape index (κ2) is 7.19. The first-order valence-electron chi connectivity index (χ1n) is 5.62. The zero-order valence-corrected chi connectivity index (χ0v) is 12.1. The maximum atomic E-state index is 8.76. The zero-order chi connectivity index (χ0) is 13.5. The monoisotopic (exact) mass is 291 g/mol. The second-order valence-electron chi connectivity index (χ2n) is 3.58. The number of hydrogen-bond donors (Lipinski definition) is 1. The molecule has 2 aromatic rings. The fourth-order valence-corrected chi connectivity index (χ4v) is 3.08. The molecule has 0 amide bonds. The molecule has 0 aliphatic heterocycles. The van der Waals surface area contributed by atoms with Crippen LogP contribution in [-0.2, 0) is 5.75 Å². The predicted octanol–water partition coefficient (Wildman–Crippen LogP) is 2.79. The number of methoxy groups -OCH3 is 1. The molecule has 5 heteroatoms. The van der Waals surface area contributed by atoms with Crippen molar-refractivity contribution in [3.8, 4) is 17.6 Å². The van der Waals surface area contributed by atoms with Crippen molar-refractivity contribution in [2.24, 2.45) is 0 Å². The Morgan fingerprint density at radius 2 is 2.37 bits per heavy atom. The number of thiazole rings is 1. The van der Waals surface area contributed by atoms with E-state index < -0.39 is 0 Å². The van der Waals surface area contributed by atoms with E-state index in [0.717, 1.165) is 27.0 Å². The Morgan fingerprint density at radius 3 is 3.05 bits per heavy atom. The van der Waals surface area contributed by atoms with E-state index in [4.69, 9.17) is 9.84 Å². The second-order valence-corrected chi connectivity index (χ2v) is 5.70. The molecule has 3 nitrogen and oxygen atoms in total. The SMILES string of the molecule is COc1ccc(CSc2nccs2)cc1C#CCO. The van der Waals surface area contributed by atoms with Crippen LogP contribution in [0, 0.1) is 11.8 Å². The van der Waals surface area contributed by atoms with Crippen LogP contribution in [0.25, 0.3) is 0 Å². The molecule has 1 aromatic heterocycles. The van der Waals surface area contributed by atoms with E-state index in [0.29, 0.717) is 0 Å². The number of rotatable bonds is 4. The molecule has 0 saturated heterocycles. The Labute approximate surface area is 120 Å². The van der Waals surface area contributed by atoms with E-state index in [-0.39, 0.29) is 6.61 Å². The largest absolute Gasteiger partial charge is 0.495 e. The highest BCUT2D eigenvalue weighted by Gasteiger charge is 2.04. The van der Waals surface area contributed by atoms with Gasteiger partial charge in [0.2, 0.25) is 0 Å². The molecule has 1 aromatic carbocycles. The summed E-state index contributed by atoms with van der Waals surface area (Å²) in [6.45, 7) is -0.152. The summed E-state index contributed by atoms with van der Waals surface area (Å²) in [6, 6.07) is 5.91. The van der Waals surface area contributed by atoms with Crippen LogP contribution >= 0.6 is 23.1 Å². The Balaban J connectivity index is 2.13. The molecule has 0 saturated carbocycles. The maximum absolute atomic E-state index is 8.76. The van der Waals surface area contributed by atoms with Gasteiger partial charge in [0, 0.05) is 17.3 Å². The van der Waals surface area contributed by atoms with Gasteiger partial charge >= 0.3 is 0 Å². The average Bonchev–Trinajstić information content (AvgIpc) is 2.96. The van der Waals surface area contributed by atoms with Crippen LogP contribution in [0.3, 0.4) is 0 Å². The van der Waals surface area contributed by atoms with E-state index in [1.54, 1.807) is 36.4 Å². The number of nitrogens with zero attached hydrogens (tertiary/aromatic N) is 1. The fourth-order valence-electron chi connectivity index (χ4n) is 1.50. The predicted molar refractivity (Wildman–Crippen MR) is 78.6 cm³/mol. The van der Waals surface area contributed by atoms with Gasteiger partial charge in [0.15, 0.2) is 0 Å². The van der Waals surface area contributed by atoms with Gasteiger partial charge in [0.05, 0.1) is 12.7 Å². The molecular weight excluding hydrogens is 278 g/mol. The smallest absolute Gasteiger partial charge is 0.150 e. The number of aromatic nitrogens is 1. The minimum atomic E-state index is -0.152. The zero-order valence-electron chi connectivity index (χ0n) is 10.4. The maximum Gasteiger partial charge on any atom is 0.150 e. The summed E-state index contributed by atoms with van der Waals surface area (Å²) in [5, 5.41) is 10.7. The lowest BCUT2D eigenvalue weighted by Crippen LogP contribution is -1.90. The Kier molecular flexibility index (Phi) is 5.28. The van der Waals surface area contributed by atoms with Gasteiger partial charge < -0.3 is 9.84 Å². The van der Waals surface area contributed by atoms with Crippen molar-refractivity contribution >= 4 is 23.1 Å². The molecule has 98 valence electrons. The van der Waals surface area contributed by atoms with Crippen molar-refractivity contribution in [1.29, 1.82) is 0 Å². The van der Waals surface area contributed by atoms with Gasteiger partial charge in [-0.1, -0.05) is 29.7 Å². The van der Waals surface area contributed by atoms with Gasteiger partial charge in [0.1, 0.15) is 16.7 Å². The normalized spacial score (nSPS) is 9.79. The minimum absolute atomic E-state index is 0.152. The van der Waals surface area contributed by atoms with Crippen LogP contribution in [0.2, 0.25) is 0 Å². The standard InChI is InChI=1S/C14H13NO2S2/c1-17-13-5-4-11(9-12(13)3-2-7-16)10-19-14-15-6-8-18-14/h4-6,8-9,16H,7,10H2,1H3. The van der Waals surface area contributed by atoms with E-state index in [9.17, 15) is 0 Å². The van der Waals surface area contributed by atoms with Crippen molar-refractivity contribution in [3.05, 3.63) is 40.9 Å². The Morgan fingerprint density at radius 1 is 1.47 bits per heavy atom. The fraction of sp³-hybridized carbons (Fsp3) is 0.214. The van der Waals surface area contributed by atoms with Crippen molar-refractivity contribution < 1.29 is 9.84 Å². The number of ether oxygens (including phenoxy) is 1. The van der Waals surface area contributed by atoms with Crippen LogP contribution in [0.15, 0.2) is 34.1 Å². The summed E-state index contributed by atoms with van der Waals surface area (Å²) in [5.74, 6) is 7.11. The highest BCUT2D eigenvalue weighted by atomic mass is 32.2. The molecule has 19 heavy (non-hydrogen) atoms. The molecule has 1 heterocycles. The topological polar surface area (TPSA) is 42.4 Å². The summed E-state index contributed by atoms with van der Waals surface area (Å²) >= 11 is 3.33.